The van der Waals surface area contributed by atoms with Crippen LogP contribution in [0.4, 0.5) is 5.69 Å². The van der Waals surface area contributed by atoms with Gasteiger partial charge in [-0.1, -0.05) is 29.8 Å². The van der Waals surface area contributed by atoms with Gasteiger partial charge < -0.3 is 0 Å². The van der Waals surface area contributed by atoms with Crippen molar-refractivity contribution in [2.75, 3.05) is 0 Å². The molecule has 0 saturated carbocycles. The summed E-state index contributed by atoms with van der Waals surface area (Å²) in [6, 6.07) is 10.4. The summed E-state index contributed by atoms with van der Waals surface area (Å²) in [4.78, 5) is 4.21. The van der Waals surface area contributed by atoms with E-state index in [-0.39, 0.29) is 0 Å². The van der Waals surface area contributed by atoms with Crippen molar-refractivity contribution in [1.29, 1.82) is 0 Å². The topological polar surface area (TPSA) is 12.4 Å². The lowest BCUT2D eigenvalue weighted by Crippen LogP contribution is -1.91. The predicted molar refractivity (Wildman–Crippen MR) is 88.5 cm³/mol. The highest BCUT2D eigenvalue weighted by Crippen LogP contribution is 2.39. The van der Waals surface area contributed by atoms with Gasteiger partial charge in [-0.25, -0.2) is 0 Å². The first kappa shape index (κ1) is 14.1. The monoisotopic (exact) mass is 331 g/mol. The summed E-state index contributed by atoms with van der Waals surface area (Å²) < 4.78 is 0.932. The summed E-state index contributed by atoms with van der Waals surface area (Å²) in [7, 11) is 0. The molecule has 0 aromatic heterocycles. The molecule has 2 rings (SSSR count). The van der Waals surface area contributed by atoms with E-state index in [1.165, 1.54) is 22.3 Å². The molecule has 0 saturated heterocycles. The Morgan fingerprint density at radius 3 is 2.32 bits per heavy atom. The molecule has 0 radical (unpaired) electrons. The molecular formula is C16H14BrNS. The number of para-hydroxylation sites is 1. The maximum atomic E-state index is 4.75. The number of hydrogen-bond acceptors (Lipinski definition) is 2. The quantitative estimate of drug-likeness (QED) is 0.502. The van der Waals surface area contributed by atoms with Crippen LogP contribution in [0.1, 0.15) is 16.7 Å². The fourth-order valence-corrected chi connectivity index (χ4v) is 3.03. The van der Waals surface area contributed by atoms with E-state index < -0.39 is 0 Å². The maximum absolute atomic E-state index is 4.75. The summed E-state index contributed by atoms with van der Waals surface area (Å²) in [5.74, 6) is 0. The minimum Gasteiger partial charge on any atom is -0.193 e. The largest absolute Gasteiger partial charge is 0.193 e. The third-order valence-corrected chi connectivity index (χ3v) is 3.82. The number of nitrogens with zero attached hydrogens (tertiary/aromatic N) is 1. The molecule has 2 aromatic carbocycles. The zero-order valence-corrected chi connectivity index (χ0v) is 13.5. The van der Waals surface area contributed by atoms with Crippen molar-refractivity contribution in [2.24, 2.45) is 4.99 Å². The van der Waals surface area contributed by atoms with Gasteiger partial charge in [0.05, 0.1) is 10.8 Å². The van der Waals surface area contributed by atoms with Crippen LogP contribution in [0.5, 0.6) is 0 Å². The normalized spacial score (nSPS) is 10.1. The second kappa shape index (κ2) is 5.79. The number of isothiocyanates is 1. The molecule has 0 atom stereocenters. The van der Waals surface area contributed by atoms with Crippen LogP contribution in [0, 0.1) is 20.8 Å². The zero-order chi connectivity index (χ0) is 14.0. The lowest BCUT2D eigenvalue weighted by atomic mass is 9.93. The number of halogens is 1. The average Bonchev–Trinajstić information content (AvgIpc) is 2.32. The van der Waals surface area contributed by atoms with Crippen LogP contribution in [0.3, 0.4) is 0 Å². The summed E-state index contributed by atoms with van der Waals surface area (Å²) in [5.41, 5.74) is 6.91. The van der Waals surface area contributed by atoms with Crippen LogP contribution >= 0.6 is 28.1 Å². The summed E-state index contributed by atoms with van der Waals surface area (Å²) in [6.45, 7) is 6.36. The summed E-state index contributed by atoms with van der Waals surface area (Å²) in [6.07, 6.45) is 0. The van der Waals surface area contributed by atoms with Crippen molar-refractivity contribution >= 4 is 39.0 Å². The second-order valence-electron chi connectivity index (χ2n) is 4.61. The lowest BCUT2D eigenvalue weighted by Gasteiger charge is -2.14. The van der Waals surface area contributed by atoms with Crippen molar-refractivity contribution in [2.45, 2.75) is 20.8 Å². The molecule has 0 aliphatic rings. The Morgan fingerprint density at radius 2 is 1.74 bits per heavy atom. The predicted octanol–water partition coefficient (Wildman–Crippen LogP) is 5.78. The van der Waals surface area contributed by atoms with Gasteiger partial charge in [0.15, 0.2) is 0 Å². The number of aryl methyl sites for hydroxylation is 3. The molecule has 2 aromatic rings. The molecule has 1 nitrogen and oxygen atoms in total. The second-order valence-corrected chi connectivity index (χ2v) is 5.65. The van der Waals surface area contributed by atoms with Crippen LogP contribution in [0.25, 0.3) is 11.1 Å². The highest BCUT2D eigenvalue weighted by molar-refractivity contribution is 9.10. The fourth-order valence-electron chi connectivity index (χ4n) is 2.48. The summed E-state index contributed by atoms with van der Waals surface area (Å²) in [5, 5.41) is 2.46. The van der Waals surface area contributed by atoms with E-state index in [0.29, 0.717) is 0 Å². The van der Waals surface area contributed by atoms with Gasteiger partial charge in [-0.2, -0.15) is 4.99 Å². The molecule has 0 aliphatic carbocycles. The number of hydrogen-bond donors (Lipinski definition) is 0. The van der Waals surface area contributed by atoms with Crippen molar-refractivity contribution in [3.63, 3.8) is 0 Å². The molecule has 0 fully saturated rings. The highest BCUT2D eigenvalue weighted by Gasteiger charge is 2.12. The Bertz CT molecular complexity index is 662. The molecule has 0 aliphatic heterocycles. The molecule has 0 amide bonds. The number of benzene rings is 2. The molecule has 96 valence electrons. The van der Waals surface area contributed by atoms with E-state index in [2.05, 4.69) is 65.1 Å². The Labute approximate surface area is 127 Å². The van der Waals surface area contributed by atoms with E-state index in [9.17, 15) is 0 Å². The van der Waals surface area contributed by atoms with Crippen molar-refractivity contribution in [3.05, 3.63) is 51.5 Å². The molecule has 0 bridgehead atoms. The van der Waals surface area contributed by atoms with E-state index in [0.717, 1.165) is 15.7 Å². The lowest BCUT2D eigenvalue weighted by molar-refractivity contribution is 1.31. The Morgan fingerprint density at radius 1 is 1.11 bits per heavy atom. The van der Waals surface area contributed by atoms with E-state index in [1.54, 1.807) is 0 Å². The van der Waals surface area contributed by atoms with Gasteiger partial charge >= 0.3 is 0 Å². The Kier molecular flexibility index (Phi) is 4.31. The minimum atomic E-state index is 0.840. The summed E-state index contributed by atoms with van der Waals surface area (Å²) >= 11 is 8.28. The van der Waals surface area contributed by atoms with Crippen molar-refractivity contribution in [3.8, 4) is 11.1 Å². The third kappa shape index (κ3) is 2.84. The van der Waals surface area contributed by atoms with Crippen LogP contribution in [0.15, 0.2) is 39.8 Å². The zero-order valence-electron chi connectivity index (χ0n) is 11.1. The van der Waals surface area contributed by atoms with Crippen molar-refractivity contribution in [1.82, 2.24) is 0 Å². The van der Waals surface area contributed by atoms with Crippen LogP contribution in [0.2, 0.25) is 0 Å². The number of thiocarbonyl (C=S) groups is 1. The van der Waals surface area contributed by atoms with Gasteiger partial charge in [-0.05, 0) is 71.7 Å². The molecule has 3 heteroatoms. The molecule has 0 unspecified atom stereocenters. The van der Waals surface area contributed by atoms with Crippen LogP contribution in [-0.4, -0.2) is 5.16 Å². The molecule has 0 N–H and O–H groups in total. The van der Waals surface area contributed by atoms with E-state index in [4.69, 9.17) is 12.2 Å². The van der Waals surface area contributed by atoms with Crippen LogP contribution in [-0.2, 0) is 0 Å². The Balaban J connectivity index is 2.80. The van der Waals surface area contributed by atoms with Gasteiger partial charge in [-0.15, -0.1) is 0 Å². The van der Waals surface area contributed by atoms with E-state index >= 15 is 0 Å². The highest BCUT2D eigenvalue weighted by atomic mass is 79.9. The Hall–Kier alpha value is -1.28. The first-order chi connectivity index (χ1) is 9.04. The van der Waals surface area contributed by atoms with E-state index in [1.807, 2.05) is 12.1 Å². The molecule has 0 spiro atoms. The van der Waals surface area contributed by atoms with Crippen LogP contribution < -0.4 is 0 Å². The van der Waals surface area contributed by atoms with Gasteiger partial charge in [0.2, 0.25) is 0 Å². The third-order valence-electron chi connectivity index (χ3n) is 3.09. The first-order valence-corrected chi connectivity index (χ1v) is 7.19. The minimum absolute atomic E-state index is 0.840. The standard InChI is InChI=1S/C16H14BrNS/c1-10-7-11(2)15(12(3)8-10)13-5-4-6-14(17)16(13)18-9-19/h4-8H,1-3H3. The van der Waals surface area contributed by atoms with Crippen molar-refractivity contribution < 1.29 is 0 Å². The molecule has 0 heterocycles. The number of rotatable bonds is 2. The molecule has 19 heavy (non-hydrogen) atoms. The smallest absolute Gasteiger partial charge is 0.0959 e. The van der Waals surface area contributed by atoms with Gasteiger partial charge in [-0.3, -0.25) is 0 Å². The fraction of sp³-hybridized carbons (Fsp3) is 0.188. The SMILES string of the molecule is Cc1cc(C)c(-c2cccc(Br)c2N=C=S)c(C)c1. The van der Waals surface area contributed by atoms with Gasteiger partial charge in [0, 0.05) is 10.0 Å². The van der Waals surface area contributed by atoms with Gasteiger partial charge in [0.25, 0.3) is 0 Å². The maximum Gasteiger partial charge on any atom is 0.0959 e. The first-order valence-electron chi connectivity index (χ1n) is 5.99. The molecular weight excluding hydrogens is 318 g/mol. The van der Waals surface area contributed by atoms with Gasteiger partial charge in [0.1, 0.15) is 0 Å². The number of aliphatic imine (C=N–C) groups is 1. The average molecular weight is 332 g/mol.